The molecule has 0 saturated heterocycles. The van der Waals surface area contributed by atoms with Gasteiger partial charge in [-0.1, -0.05) is 25.1 Å². The first kappa shape index (κ1) is 14.0. The van der Waals surface area contributed by atoms with E-state index in [1.54, 1.807) is 31.2 Å². The van der Waals surface area contributed by atoms with Crippen molar-refractivity contribution in [2.24, 2.45) is 0 Å². The fourth-order valence-electron chi connectivity index (χ4n) is 1.37. The number of hydrogen-bond acceptors (Lipinski definition) is 3. The van der Waals surface area contributed by atoms with Gasteiger partial charge >= 0.3 is 0 Å². The van der Waals surface area contributed by atoms with E-state index < -0.39 is 16.3 Å². The first-order valence-corrected chi connectivity index (χ1v) is 6.99. The van der Waals surface area contributed by atoms with Crippen molar-refractivity contribution < 1.29 is 13.5 Å². The lowest BCUT2D eigenvalue weighted by Crippen LogP contribution is -2.31. The van der Waals surface area contributed by atoms with E-state index in [1.165, 1.54) is 0 Å². The molecule has 0 bridgehead atoms. The van der Waals surface area contributed by atoms with Crippen molar-refractivity contribution in [2.45, 2.75) is 26.4 Å². The van der Waals surface area contributed by atoms with Crippen LogP contribution in [-0.2, 0) is 10.2 Å². The third-order valence-electron chi connectivity index (χ3n) is 2.20. The van der Waals surface area contributed by atoms with E-state index in [0.29, 0.717) is 17.8 Å². The Bertz CT molecular complexity index is 458. The molecule has 6 heteroatoms. The van der Waals surface area contributed by atoms with Crippen LogP contribution in [0.2, 0.25) is 0 Å². The lowest BCUT2D eigenvalue weighted by atomic mass is 10.1. The SMILES string of the molecule is CCCNS(=O)(=O)Nc1ccccc1C(C)O. The van der Waals surface area contributed by atoms with E-state index in [2.05, 4.69) is 9.44 Å². The minimum atomic E-state index is -3.56. The molecule has 0 aromatic heterocycles. The van der Waals surface area contributed by atoms with Crippen LogP contribution in [0.4, 0.5) is 5.69 Å². The van der Waals surface area contributed by atoms with Gasteiger partial charge in [0.25, 0.3) is 10.2 Å². The van der Waals surface area contributed by atoms with Crippen LogP contribution in [0.5, 0.6) is 0 Å². The van der Waals surface area contributed by atoms with E-state index in [1.807, 2.05) is 6.92 Å². The molecular formula is C11H18N2O3S. The highest BCUT2D eigenvalue weighted by Crippen LogP contribution is 2.22. The first-order valence-electron chi connectivity index (χ1n) is 5.50. The number of para-hydroxylation sites is 1. The summed E-state index contributed by atoms with van der Waals surface area (Å²) in [4.78, 5) is 0. The summed E-state index contributed by atoms with van der Waals surface area (Å²) in [5.74, 6) is 0. The second-order valence-electron chi connectivity index (χ2n) is 3.76. The average Bonchev–Trinajstić information content (AvgIpc) is 2.26. The Morgan fingerprint density at radius 2 is 2.00 bits per heavy atom. The molecule has 1 unspecified atom stereocenters. The Balaban J connectivity index is 2.88. The Kier molecular flexibility index (Phi) is 4.92. The average molecular weight is 258 g/mol. The van der Waals surface area contributed by atoms with Gasteiger partial charge in [-0.3, -0.25) is 4.72 Å². The second-order valence-corrected chi connectivity index (χ2v) is 5.26. The molecule has 0 heterocycles. The van der Waals surface area contributed by atoms with Gasteiger partial charge in [0.2, 0.25) is 0 Å². The van der Waals surface area contributed by atoms with E-state index >= 15 is 0 Å². The number of aliphatic hydroxyl groups excluding tert-OH is 1. The van der Waals surface area contributed by atoms with Gasteiger partial charge in [0, 0.05) is 12.1 Å². The summed E-state index contributed by atoms with van der Waals surface area (Å²) in [5, 5.41) is 9.52. The van der Waals surface area contributed by atoms with Crippen molar-refractivity contribution in [1.82, 2.24) is 4.72 Å². The van der Waals surface area contributed by atoms with Gasteiger partial charge in [-0.15, -0.1) is 0 Å². The minimum absolute atomic E-state index is 0.381. The Hall–Kier alpha value is -1.11. The fourth-order valence-corrected chi connectivity index (χ4v) is 2.39. The molecule has 0 saturated carbocycles. The van der Waals surface area contributed by atoms with E-state index in [0.717, 1.165) is 6.42 Å². The number of benzene rings is 1. The highest BCUT2D eigenvalue weighted by atomic mass is 32.2. The molecule has 0 amide bonds. The summed E-state index contributed by atoms with van der Waals surface area (Å²) in [6.45, 7) is 3.85. The lowest BCUT2D eigenvalue weighted by Gasteiger charge is -2.14. The summed E-state index contributed by atoms with van der Waals surface area (Å²) in [5.41, 5.74) is 0.945. The zero-order valence-corrected chi connectivity index (χ0v) is 10.8. The molecule has 0 spiro atoms. The van der Waals surface area contributed by atoms with Crippen LogP contribution in [0, 0.1) is 0 Å². The molecule has 17 heavy (non-hydrogen) atoms. The largest absolute Gasteiger partial charge is 0.389 e. The maximum atomic E-state index is 11.6. The van der Waals surface area contributed by atoms with Crippen LogP contribution in [-0.4, -0.2) is 20.1 Å². The predicted octanol–water partition coefficient (Wildman–Crippen LogP) is 1.40. The quantitative estimate of drug-likeness (QED) is 0.721. The molecule has 3 N–H and O–H groups in total. The number of rotatable bonds is 6. The molecule has 1 aromatic rings. The van der Waals surface area contributed by atoms with Gasteiger partial charge in [-0.2, -0.15) is 13.1 Å². The lowest BCUT2D eigenvalue weighted by molar-refractivity contribution is 0.200. The summed E-state index contributed by atoms with van der Waals surface area (Å²) in [7, 11) is -3.56. The third kappa shape index (κ3) is 4.33. The van der Waals surface area contributed by atoms with Gasteiger partial charge in [-0.25, -0.2) is 0 Å². The number of anilines is 1. The standard InChI is InChI=1S/C11H18N2O3S/c1-3-8-12-17(15,16)13-11-7-5-4-6-10(11)9(2)14/h4-7,9,12-14H,3,8H2,1-2H3. The first-order chi connectivity index (χ1) is 7.96. The number of nitrogens with one attached hydrogen (secondary N) is 2. The molecule has 0 fully saturated rings. The molecule has 1 rings (SSSR count). The van der Waals surface area contributed by atoms with E-state index in [4.69, 9.17) is 0 Å². The van der Waals surface area contributed by atoms with Crippen LogP contribution in [0.3, 0.4) is 0 Å². The van der Waals surface area contributed by atoms with Crippen LogP contribution in [0.1, 0.15) is 31.9 Å². The molecule has 0 aliphatic carbocycles. The summed E-state index contributed by atoms with van der Waals surface area (Å²) < 4.78 is 28.1. The van der Waals surface area contributed by atoms with Crippen LogP contribution < -0.4 is 9.44 Å². The smallest absolute Gasteiger partial charge is 0.299 e. The van der Waals surface area contributed by atoms with Crippen molar-refractivity contribution in [3.8, 4) is 0 Å². The van der Waals surface area contributed by atoms with Gasteiger partial charge < -0.3 is 5.11 Å². The normalized spacial score (nSPS) is 13.4. The van der Waals surface area contributed by atoms with Crippen molar-refractivity contribution in [3.05, 3.63) is 29.8 Å². The van der Waals surface area contributed by atoms with Gasteiger partial charge in [0.05, 0.1) is 11.8 Å². The number of hydrogen-bond donors (Lipinski definition) is 3. The molecular weight excluding hydrogens is 240 g/mol. The second kappa shape index (κ2) is 6.00. The summed E-state index contributed by atoms with van der Waals surface area (Å²) >= 11 is 0. The Labute approximate surface area is 102 Å². The van der Waals surface area contributed by atoms with Crippen LogP contribution in [0.15, 0.2) is 24.3 Å². The minimum Gasteiger partial charge on any atom is -0.389 e. The van der Waals surface area contributed by atoms with Gasteiger partial charge in [0.1, 0.15) is 0 Å². The zero-order valence-electron chi connectivity index (χ0n) is 9.97. The molecule has 0 aliphatic rings. The molecule has 1 atom stereocenters. The maximum Gasteiger partial charge on any atom is 0.299 e. The molecule has 1 aromatic carbocycles. The van der Waals surface area contributed by atoms with E-state index in [9.17, 15) is 13.5 Å². The molecule has 0 aliphatic heterocycles. The predicted molar refractivity (Wildman–Crippen MR) is 67.9 cm³/mol. The number of aliphatic hydroxyl groups is 1. The maximum absolute atomic E-state index is 11.6. The highest BCUT2D eigenvalue weighted by molar-refractivity contribution is 7.90. The Morgan fingerprint density at radius 1 is 1.35 bits per heavy atom. The highest BCUT2D eigenvalue weighted by Gasteiger charge is 2.13. The zero-order chi connectivity index (χ0) is 12.9. The molecule has 0 radical (unpaired) electrons. The van der Waals surface area contributed by atoms with Crippen molar-refractivity contribution in [1.29, 1.82) is 0 Å². The van der Waals surface area contributed by atoms with Crippen LogP contribution >= 0.6 is 0 Å². The van der Waals surface area contributed by atoms with Crippen molar-refractivity contribution in [3.63, 3.8) is 0 Å². The van der Waals surface area contributed by atoms with Gasteiger partial charge in [-0.05, 0) is 19.4 Å². The van der Waals surface area contributed by atoms with Crippen LogP contribution in [0.25, 0.3) is 0 Å². The topological polar surface area (TPSA) is 78.4 Å². The summed E-state index contributed by atoms with van der Waals surface area (Å²) in [6.07, 6.45) is -0.000963. The molecule has 96 valence electrons. The van der Waals surface area contributed by atoms with Crippen molar-refractivity contribution >= 4 is 15.9 Å². The fraction of sp³-hybridized carbons (Fsp3) is 0.455. The van der Waals surface area contributed by atoms with E-state index in [-0.39, 0.29) is 0 Å². The van der Waals surface area contributed by atoms with Gasteiger partial charge in [0.15, 0.2) is 0 Å². The Morgan fingerprint density at radius 3 is 2.59 bits per heavy atom. The molecule has 5 nitrogen and oxygen atoms in total. The monoisotopic (exact) mass is 258 g/mol. The third-order valence-corrected chi connectivity index (χ3v) is 3.27. The van der Waals surface area contributed by atoms with Crippen molar-refractivity contribution in [2.75, 3.05) is 11.3 Å². The summed E-state index contributed by atoms with van der Waals surface area (Å²) in [6, 6.07) is 6.76.